The standard InChI is InChI=1S/C10H17NO3/c1-3-4-8-5-9(12)11(6-8)7(2)10(13)14/h7-8H,3-6H2,1-2H3,(H,13,14)/t7-,8-/m1/s1. The van der Waals surface area contributed by atoms with Crippen LogP contribution in [0.2, 0.25) is 0 Å². The van der Waals surface area contributed by atoms with E-state index in [1.807, 2.05) is 0 Å². The summed E-state index contributed by atoms with van der Waals surface area (Å²) in [5, 5.41) is 8.78. The summed E-state index contributed by atoms with van der Waals surface area (Å²) in [7, 11) is 0. The average molecular weight is 199 g/mol. The molecule has 2 atom stereocenters. The first-order valence-electron chi connectivity index (χ1n) is 5.08. The Morgan fingerprint density at radius 2 is 2.36 bits per heavy atom. The van der Waals surface area contributed by atoms with E-state index in [2.05, 4.69) is 6.92 Å². The van der Waals surface area contributed by atoms with Crippen molar-refractivity contribution in [2.45, 2.75) is 39.2 Å². The van der Waals surface area contributed by atoms with Gasteiger partial charge in [0.25, 0.3) is 0 Å². The molecule has 1 N–H and O–H groups in total. The molecule has 1 saturated heterocycles. The fourth-order valence-corrected chi connectivity index (χ4v) is 1.92. The van der Waals surface area contributed by atoms with E-state index in [4.69, 9.17) is 5.11 Å². The van der Waals surface area contributed by atoms with Gasteiger partial charge < -0.3 is 10.0 Å². The highest BCUT2D eigenvalue weighted by Crippen LogP contribution is 2.23. The number of carboxylic acids is 1. The van der Waals surface area contributed by atoms with Crippen molar-refractivity contribution in [3.63, 3.8) is 0 Å². The van der Waals surface area contributed by atoms with Gasteiger partial charge in [-0.3, -0.25) is 4.79 Å². The number of carbonyl (C=O) groups excluding carboxylic acids is 1. The van der Waals surface area contributed by atoms with Gasteiger partial charge in [-0.25, -0.2) is 4.79 Å². The van der Waals surface area contributed by atoms with Crippen LogP contribution in [0, 0.1) is 5.92 Å². The van der Waals surface area contributed by atoms with Crippen LogP contribution in [0.3, 0.4) is 0 Å². The van der Waals surface area contributed by atoms with Crippen LogP contribution in [0.4, 0.5) is 0 Å². The normalized spacial score (nSPS) is 24.0. The van der Waals surface area contributed by atoms with Crippen LogP contribution in [0.5, 0.6) is 0 Å². The minimum absolute atomic E-state index is 0.0154. The Kier molecular flexibility index (Phi) is 3.49. The highest BCUT2D eigenvalue weighted by molar-refractivity contribution is 5.85. The van der Waals surface area contributed by atoms with E-state index in [-0.39, 0.29) is 5.91 Å². The predicted octanol–water partition coefficient (Wildman–Crippen LogP) is 1.11. The van der Waals surface area contributed by atoms with E-state index < -0.39 is 12.0 Å². The van der Waals surface area contributed by atoms with Gasteiger partial charge in [0, 0.05) is 13.0 Å². The summed E-state index contributed by atoms with van der Waals surface area (Å²) >= 11 is 0. The summed E-state index contributed by atoms with van der Waals surface area (Å²) in [5.74, 6) is -0.580. The van der Waals surface area contributed by atoms with Gasteiger partial charge in [0.05, 0.1) is 0 Å². The minimum atomic E-state index is -0.921. The van der Waals surface area contributed by atoms with Crippen LogP contribution in [0.1, 0.15) is 33.1 Å². The molecule has 1 amide bonds. The van der Waals surface area contributed by atoms with Crippen molar-refractivity contribution >= 4 is 11.9 Å². The van der Waals surface area contributed by atoms with E-state index >= 15 is 0 Å². The first-order valence-corrected chi connectivity index (χ1v) is 5.08. The second-order valence-corrected chi connectivity index (χ2v) is 3.92. The molecule has 1 aliphatic heterocycles. The number of aliphatic carboxylic acids is 1. The molecule has 0 aromatic heterocycles. The van der Waals surface area contributed by atoms with Crippen molar-refractivity contribution < 1.29 is 14.7 Å². The fraction of sp³-hybridized carbons (Fsp3) is 0.800. The molecule has 0 aromatic carbocycles. The molecule has 0 spiro atoms. The Bertz CT molecular complexity index is 240. The third-order valence-electron chi connectivity index (χ3n) is 2.76. The van der Waals surface area contributed by atoms with Gasteiger partial charge in [0.2, 0.25) is 5.91 Å². The van der Waals surface area contributed by atoms with Crippen molar-refractivity contribution in [2.24, 2.45) is 5.92 Å². The van der Waals surface area contributed by atoms with Crippen LogP contribution < -0.4 is 0 Å². The van der Waals surface area contributed by atoms with E-state index in [9.17, 15) is 9.59 Å². The highest BCUT2D eigenvalue weighted by atomic mass is 16.4. The highest BCUT2D eigenvalue weighted by Gasteiger charge is 2.34. The zero-order valence-electron chi connectivity index (χ0n) is 8.69. The van der Waals surface area contributed by atoms with E-state index in [1.165, 1.54) is 4.90 Å². The lowest BCUT2D eigenvalue weighted by Gasteiger charge is -2.20. The maximum atomic E-state index is 11.5. The van der Waals surface area contributed by atoms with Gasteiger partial charge >= 0.3 is 5.97 Å². The zero-order chi connectivity index (χ0) is 10.7. The maximum absolute atomic E-state index is 11.5. The molecule has 80 valence electrons. The molecule has 4 nitrogen and oxygen atoms in total. The van der Waals surface area contributed by atoms with Crippen molar-refractivity contribution in [1.29, 1.82) is 0 Å². The Morgan fingerprint density at radius 3 is 2.86 bits per heavy atom. The summed E-state index contributed by atoms with van der Waals surface area (Å²) < 4.78 is 0. The van der Waals surface area contributed by atoms with Gasteiger partial charge in [-0.1, -0.05) is 13.3 Å². The molecule has 0 aliphatic carbocycles. The van der Waals surface area contributed by atoms with Gasteiger partial charge in [-0.15, -0.1) is 0 Å². The molecule has 0 radical (unpaired) electrons. The molecule has 4 heteroatoms. The van der Waals surface area contributed by atoms with E-state index in [1.54, 1.807) is 6.92 Å². The van der Waals surface area contributed by atoms with Gasteiger partial charge in [0.15, 0.2) is 0 Å². The number of nitrogens with zero attached hydrogens (tertiary/aromatic N) is 1. The lowest BCUT2D eigenvalue weighted by molar-refractivity contribution is -0.147. The first-order chi connectivity index (χ1) is 6.56. The lowest BCUT2D eigenvalue weighted by Crippen LogP contribution is -2.39. The average Bonchev–Trinajstić information content (AvgIpc) is 2.46. The Morgan fingerprint density at radius 1 is 1.71 bits per heavy atom. The van der Waals surface area contributed by atoms with Crippen LogP contribution in [-0.2, 0) is 9.59 Å². The Hall–Kier alpha value is -1.06. The van der Waals surface area contributed by atoms with Crippen molar-refractivity contribution in [1.82, 2.24) is 4.90 Å². The predicted molar refractivity (Wildman–Crippen MR) is 51.8 cm³/mol. The van der Waals surface area contributed by atoms with Gasteiger partial charge in [-0.2, -0.15) is 0 Å². The molecule has 1 aliphatic rings. The minimum Gasteiger partial charge on any atom is -0.480 e. The Balaban J connectivity index is 2.56. The largest absolute Gasteiger partial charge is 0.480 e. The number of carboxylic acid groups (broad SMARTS) is 1. The van der Waals surface area contributed by atoms with Crippen LogP contribution >= 0.6 is 0 Å². The molecule has 0 aromatic rings. The molecule has 0 bridgehead atoms. The first kappa shape index (κ1) is 11.0. The quantitative estimate of drug-likeness (QED) is 0.737. The SMILES string of the molecule is CCC[C@@H]1CC(=O)N([C@H](C)C(=O)O)C1. The lowest BCUT2D eigenvalue weighted by atomic mass is 10.0. The Labute approximate surface area is 83.9 Å². The monoisotopic (exact) mass is 199 g/mol. The summed E-state index contributed by atoms with van der Waals surface area (Å²) in [6.45, 7) is 4.25. The molecular formula is C10H17NO3. The number of rotatable bonds is 4. The number of hydrogen-bond acceptors (Lipinski definition) is 2. The van der Waals surface area contributed by atoms with Crippen molar-refractivity contribution in [2.75, 3.05) is 6.54 Å². The van der Waals surface area contributed by atoms with Crippen LogP contribution in [-0.4, -0.2) is 34.5 Å². The summed E-state index contributed by atoms with van der Waals surface area (Å²) in [5.41, 5.74) is 0. The topological polar surface area (TPSA) is 57.6 Å². The summed E-state index contributed by atoms with van der Waals surface area (Å²) in [6, 6.07) is -0.677. The molecule has 0 unspecified atom stereocenters. The van der Waals surface area contributed by atoms with Crippen LogP contribution in [0.15, 0.2) is 0 Å². The van der Waals surface area contributed by atoms with Crippen molar-refractivity contribution in [3.8, 4) is 0 Å². The second-order valence-electron chi connectivity index (χ2n) is 3.92. The molecule has 1 rings (SSSR count). The number of likely N-dealkylation sites (tertiary alicyclic amines) is 1. The molecule has 1 fully saturated rings. The summed E-state index contributed by atoms with van der Waals surface area (Å²) in [6.07, 6.45) is 2.58. The van der Waals surface area contributed by atoms with Crippen molar-refractivity contribution in [3.05, 3.63) is 0 Å². The van der Waals surface area contributed by atoms with Crippen LogP contribution in [0.25, 0.3) is 0 Å². The smallest absolute Gasteiger partial charge is 0.326 e. The molecular weight excluding hydrogens is 182 g/mol. The van der Waals surface area contributed by atoms with Gasteiger partial charge in [0.1, 0.15) is 6.04 Å². The molecule has 0 saturated carbocycles. The molecule has 1 heterocycles. The third-order valence-corrected chi connectivity index (χ3v) is 2.76. The molecule has 14 heavy (non-hydrogen) atoms. The zero-order valence-corrected chi connectivity index (χ0v) is 8.69. The number of hydrogen-bond donors (Lipinski definition) is 1. The fourth-order valence-electron chi connectivity index (χ4n) is 1.92. The third kappa shape index (κ3) is 2.25. The van der Waals surface area contributed by atoms with E-state index in [0.29, 0.717) is 18.9 Å². The number of carbonyl (C=O) groups is 2. The number of amides is 1. The van der Waals surface area contributed by atoms with E-state index in [0.717, 1.165) is 12.8 Å². The van der Waals surface area contributed by atoms with Gasteiger partial charge in [-0.05, 0) is 19.3 Å². The second kappa shape index (κ2) is 4.44. The maximum Gasteiger partial charge on any atom is 0.326 e. The summed E-state index contributed by atoms with van der Waals surface area (Å²) in [4.78, 5) is 23.6.